The maximum Gasteiger partial charge on any atom is 0.306 e. The van der Waals surface area contributed by atoms with Crippen molar-refractivity contribution in [2.45, 2.75) is 19.8 Å². The summed E-state index contributed by atoms with van der Waals surface area (Å²) in [6.45, 7) is 2.08. The van der Waals surface area contributed by atoms with Gasteiger partial charge in [0.15, 0.2) is 11.5 Å². The smallest absolute Gasteiger partial charge is 0.306 e. The van der Waals surface area contributed by atoms with Gasteiger partial charge in [-0.3, -0.25) is 0 Å². The minimum absolute atomic E-state index is 0.227. The standard InChI is InChI=1S/C11H16O4S/c1-4-5-9-6-7-10(11(8-9)14-2)15-16(3,12)13/h6-8H,4-5H2,1-3H3. The van der Waals surface area contributed by atoms with Gasteiger partial charge in [0.1, 0.15) is 0 Å². The van der Waals surface area contributed by atoms with E-state index in [0.29, 0.717) is 5.75 Å². The van der Waals surface area contributed by atoms with Crippen molar-refractivity contribution < 1.29 is 17.3 Å². The van der Waals surface area contributed by atoms with Crippen LogP contribution in [0, 0.1) is 0 Å². The third-order valence-electron chi connectivity index (χ3n) is 2.01. The van der Waals surface area contributed by atoms with Crippen LogP contribution in [-0.2, 0) is 16.5 Å². The number of aryl methyl sites for hydroxylation is 1. The molecule has 0 saturated heterocycles. The van der Waals surface area contributed by atoms with Gasteiger partial charge in [0.2, 0.25) is 0 Å². The summed E-state index contributed by atoms with van der Waals surface area (Å²) in [6, 6.07) is 5.25. The van der Waals surface area contributed by atoms with Crippen LogP contribution in [0.3, 0.4) is 0 Å². The Kier molecular flexibility index (Phi) is 4.18. The van der Waals surface area contributed by atoms with E-state index in [1.807, 2.05) is 6.07 Å². The molecule has 0 aliphatic heterocycles. The number of benzene rings is 1. The fourth-order valence-electron chi connectivity index (χ4n) is 1.39. The molecule has 5 heteroatoms. The van der Waals surface area contributed by atoms with Crippen LogP contribution in [0.1, 0.15) is 18.9 Å². The predicted molar refractivity (Wildman–Crippen MR) is 62.5 cm³/mol. The number of hydrogen-bond acceptors (Lipinski definition) is 4. The average molecular weight is 244 g/mol. The summed E-state index contributed by atoms with van der Waals surface area (Å²) in [5.41, 5.74) is 1.10. The molecule has 0 fully saturated rings. The molecule has 0 aliphatic rings. The lowest BCUT2D eigenvalue weighted by atomic mass is 10.1. The van der Waals surface area contributed by atoms with Gasteiger partial charge >= 0.3 is 10.1 Å². The van der Waals surface area contributed by atoms with Crippen LogP contribution in [0.4, 0.5) is 0 Å². The van der Waals surface area contributed by atoms with E-state index in [1.54, 1.807) is 12.1 Å². The minimum atomic E-state index is -3.51. The van der Waals surface area contributed by atoms with Crippen molar-refractivity contribution in [2.75, 3.05) is 13.4 Å². The Morgan fingerprint density at radius 2 is 1.94 bits per heavy atom. The predicted octanol–water partition coefficient (Wildman–Crippen LogP) is 1.99. The van der Waals surface area contributed by atoms with Gasteiger partial charge in [-0.1, -0.05) is 19.4 Å². The Morgan fingerprint density at radius 3 is 2.44 bits per heavy atom. The van der Waals surface area contributed by atoms with Crippen molar-refractivity contribution in [3.63, 3.8) is 0 Å². The zero-order chi connectivity index (χ0) is 12.2. The largest absolute Gasteiger partial charge is 0.493 e. The second-order valence-corrected chi connectivity index (χ2v) is 5.10. The van der Waals surface area contributed by atoms with Crippen molar-refractivity contribution in [3.05, 3.63) is 23.8 Å². The summed E-state index contributed by atoms with van der Waals surface area (Å²) in [4.78, 5) is 0. The molecule has 90 valence electrons. The highest BCUT2D eigenvalue weighted by Gasteiger charge is 2.10. The van der Waals surface area contributed by atoms with Crippen LogP contribution in [-0.4, -0.2) is 21.8 Å². The van der Waals surface area contributed by atoms with Gasteiger partial charge in [-0.05, 0) is 24.1 Å². The number of rotatable bonds is 5. The quantitative estimate of drug-likeness (QED) is 0.743. The zero-order valence-electron chi connectivity index (χ0n) is 9.69. The van der Waals surface area contributed by atoms with E-state index < -0.39 is 10.1 Å². The van der Waals surface area contributed by atoms with Gasteiger partial charge in [-0.2, -0.15) is 8.42 Å². The summed E-state index contributed by atoms with van der Waals surface area (Å²) in [5.74, 6) is 0.668. The highest BCUT2D eigenvalue weighted by Crippen LogP contribution is 2.29. The fraction of sp³-hybridized carbons (Fsp3) is 0.455. The molecular weight excluding hydrogens is 228 g/mol. The molecule has 1 rings (SSSR count). The van der Waals surface area contributed by atoms with E-state index in [4.69, 9.17) is 8.92 Å². The molecule has 0 amide bonds. The van der Waals surface area contributed by atoms with Crippen molar-refractivity contribution >= 4 is 10.1 Å². The summed E-state index contributed by atoms with van der Waals surface area (Å²) in [6.07, 6.45) is 2.96. The monoisotopic (exact) mass is 244 g/mol. The molecule has 1 aromatic carbocycles. The molecular formula is C11H16O4S. The maximum absolute atomic E-state index is 11.0. The van der Waals surface area contributed by atoms with E-state index in [0.717, 1.165) is 24.7 Å². The van der Waals surface area contributed by atoms with Crippen LogP contribution in [0.2, 0.25) is 0 Å². The van der Waals surface area contributed by atoms with Gasteiger partial charge in [-0.15, -0.1) is 0 Å². The number of methoxy groups -OCH3 is 1. The highest BCUT2D eigenvalue weighted by molar-refractivity contribution is 7.86. The maximum atomic E-state index is 11.0. The molecule has 4 nitrogen and oxygen atoms in total. The van der Waals surface area contributed by atoms with Gasteiger partial charge < -0.3 is 8.92 Å². The van der Waals surface area contributed by atoms with Crippen molar-refractivity contribution in [3.8, 4) is 11.5 Å². The van der Waals surface area contributed by atoms with E-state index in [2.05, 4.69) is 6.92 Å². The Bertz CT molecular complexity index is 451. The van der Waals surface area contributed by atoms with Gasteiger partial charge in [0, 0.05) is 0 Å². The molecule has 0 atom stereocenters. The lowest BCUT2D eigenvalue weighted by Gasteiger charge is -2.10. The van der Waals surface area contributed by atoms with Gasteiger partial charge in [-0.25, -0.2) is 0 Å². The molecule has 0 unspecified atom stereocenters. The van der Waals surface area contributed by atoms with E-state index in [-0.39, 0.29) is 5.75 Å². The summed E-state index contributed by atoms with van der Waals surface area (Å²) in [7, 11) is -2.03. The first-order valence-corrected chi connectivity index (χ1v) is 6.84. The van der Waals surface area contributed by atoms with Crippen molar-refractivity contribution in [1.29, 1.82) is 0 Å². The molecule has 0 heterocycles. The number of hydrogen-bond donors (Lipinski definition) is 0. The lowest BCUT2D eigenvalue weighted by molar-refractivity contribution is 0.391. The molecule has 0 aromatic heterocycles. The average Bonchev–Trinajstić information content (AvgIpc) is 2.18. The van der Waals surface area contributed by atoms with Crippen molar-refractivity contribution in [2.24, 2.45) is 0 Å². The summed E-state index contributed by atoms with van der Waals surface area (Å²) < 4.78 is 31.9. The third kappa shape index (κ3) is 3.73. The van der Waals surface area contributed by atoms with E-state index >= 15 is 0 Å². The van der Waals surface area contributed by atoms with Crippen LogP contribution in [0.15, 0.2) is 18.2 Å². The summed E-state index contributed by atoms with van der Waals surface area (Å²) in [5, 5.41) is 0. The highest BCUT2D eigenvalue weighted by atomic mass is 32.2. The first-order chi connectivity index (χ1) is 7.46. The summed E-state index contributed by atoms with van der Waals surface area (Å²) >= 11 is 0. The van der Waals surface area contributed by atoms with Gasteiger partial charge in [0.25, 0.3) is 0 Å². The molecule has 1 aromatic rings. The molecule has 0 aliphatic carbocycles. The van der Waals surface area contributed by atoms with Crippen LogP contribution < -0.4 is 8.92 Å². The topological polar surface area (TPSA) is 52.6 Å². The molecule has 0 N–H and O–H groups in total. The Labute approximate surface area is 96.3 Å². The molecule has 0 saturated carbocycles. The van der Waals surface area contributed by atoms with Gasteiger partial charge in [0.05, 0.1) is 13.4 Å². The fourth-order valence-corrected chi connectivity index (χ4v) is 1.85. The SMILES string of the molecule is CCCc1ccc(OS(C)(=O)=O)c(OC)c1. The van der Waals surface area contributed by atoms with E-state index in [9.17, 15) is 8.42 Å². The molecule has 0 spiro atoms. The Balaban J connectivity index is 3.02. The van der Waals surface area contributed by atoms with E-state index in [1.165, 1.54) is 7.11 Å². The normalized spacial score (nSPS) is 11.2. The second-order valence-electron chi connectivity index (χ2n) is 3.52. The molecule has 0 radical (unpaired) electrons. The van der Waals surface area contributed by atoms with Crippen LogP contribution in [0.25, 0.3) is 0 Å². The second kappa shape index (κ2) is 5.21. The molecule has 0 bridgehead atoms. The Hall–Kier alpha value is -1.23. The van der Waals surface area contributed by atoms with Crippen LogP contribution in [0.5, 0.6) is 11.5 Å². The third-order valence-corrected chi connectivity index (χ3v) is 2.49. The van der Waals surface area contributed by atoms with Crippen molar-refractivity contribution in [1.82, 2.24) is 0 Å². The molecule has 16 heavy (non-hydrogen) atoms. The zero-order valence-corrected chi connectivity index (χ0v) is 10.5. The van der Waals surface area contributed by atoms with Crippen LogP contribution >= 0.6 is 0 Å². The lowest BCUT2D eigenvalue weighted by Crippen LogP contribution is -2.07. The Morgan fingerprint density at radius 1 is 1.25 bits per heavy atom. The first-order valence-electron chi connectivity index (χ1n) is 5.02. The first kappa shape index (κ1) is 12.8. The minimum Gasteiger partial charge on any atom is -0.493 e. The number of ether oxygens (including phenoxy) is 1.